The molecule has 1 rings (SSSR count). The zero-order chi connectivity index (χ0) is 6.85. The second-order valence-corrected chi connectivity index (χ2v) is 1.94. The fraction of sp³-hybridized carbons (Fsp3) is 0.800. The van der Waals surface area contributed by atoms with E-state index < -0.39 is 12.3 Å². The number of hydrogen-bond acceptors (Lipinski definition) is 4. The van der Waals surface area contributed by atoms with Crippen molar-refractivity contribution in [3.63, 3.8) is 0 Å². The molecule has 0 radical (unpaired) electrons. The van der Waals surface area contributed by atoms with E-state index in [0.717, 1.165) is 0 Å². The molecule has 0 aliphatic carbocycles. The molecule has 1 aliphatic rings. The predicted octanol–water partition coefficient (Wildman–Crippen LogP) is -0.886. The highest BCUT2D eigenvalue weighted by molar-refractivity contribution is 5.74. The first-order valence-corrected chi connectivity index (χ1v) is 2.73. The van der Waals surface area contributed by atoms with Crippen LogP contribution in [0, 0.1) is 0 Å². The Bertz CT molecular complexity index is 132. The molecule has 0 aromatic rings. The summed E-state index contributed by atoms with van der Waals surface area (Å²) in [6.07, 6.45) is -1.39. The molecule has 52 valence electrons. The normalized spacial score (nSPS) is 26.2. The van der Waals surface area contributed by atoms with Crippen LogP contribution in [0.4, 0.5) is 0 Å². The molecule has 4 heteroatoms. The SMILES string of the molecule is CC1=NC(C(O)O)CO1. The van der Waals surface area contributed by atoms with Crippen molar-refractivity contribution in [1.82, 2.24) is 0 Å². The molecule has 1 atom stereocenters. The standard InChI is InChI=1S/C5H9NO3/c1-3-6-4(2-9-3)5(7)8/h4-5,7-8H,2H2,1H3. The fourth-order valence-electron chi connectivity index (χ4n) is 0.667. The van der Waals surface area contributed by atoms with Gasteiger partial charge in [0, 0.05) is 6.92 Å². The van der Waals surface area contributed by atoms with Gasteiger partial charge in [0.2, 0.25) is 0 Å². The minimum atomic E-state index is -1.39. The molecule has 0 bridgehead atoms. The van der Waals surface area contributed by atoms with Crippen molar-refractivity contribution in [1.29, 1.82) is 0 Å². The lowest BCUT2D eigenvalue weighted by Gasteiger charge is -2.04. The Hall–Kier alpha value is -0.610. The summed E-state index contributed by atoms with van der Waals surface area (Å²) in [5.41, 5.74) is 0. The van der Waals surface area contributed by atoms with Crippen LogP contribution in [0.15, 0.2) is 4.99 Å². The largest absolute Gasteiger partial charge is 0.479 e. The van der Waals surface area contributed by atoms with Gasteiger partial charge in [0.1, 0.15) is 12.6 Å². The summed E-state index contributed by atoms with van der Waals surface area (Å²) in [5, 5.41) is 17.1. The van der Waals surface area contributed by atoms with Crippen molar-refractivity contribution >= 4 is 5.90 Å². The van der Waals surface area contributed by atoms with Crippen molar-refractivity contribution in [2.24, 2.45) is 4.99 Å². The highest BCUT2D eigenvalue weighted by Crippen LogP contribution is 2.05. The molecule has 0 aromatic carbocycles. The Morgan fingerprint density at radius 1 is 1.78 bits per heavy atom. The fourth-order valence-corrected chi connectivity index (χ4v) is 0.667. The lowest BCUT2D eigenvalue weighted by atomic mass is 10.3. The lowest BCUT2D eigenvalue weighted by molar-refractivity contribution is -0.0609. The van der Waals surface area contributed by atoms with Crippen LogP contribution in [-0.4, -0.2) is 35.0 Å². The topological polar surface area (TPSA) is 62.1 Å². The van der Waals surface area contributed by atoms with Gasteiger partial charge in [-0.25, -0.2) is 4.99 Å². The number of rotatable bonds is 1. The van der Waals surface area contributed by atoms with E-state index in [9.17, 15) is 0 Å². The zero-order valence-electron chi connectivity index (χ0n) is 5.11. The van der Waals surface area contributed by atoms with E-state index in [1.165, 1.54) is 0 Å². The highest BCUT2D eigenvalue weighted by Gasteiger charge is 2.21. The van der Waals surface area contributed by atoms with Gasteiger partial charge in [0.25, 0.3) is 0 Å². The molecular weight excluding hydrogens is 122 g/mol. The average Bonchev–Trinajstić information content (AvgIpc) is 2.14. The van der Waals surface area contributed by atoms with Crippen molar-refractivity contribution in [2.75, 3.05) is 6.61 Å². The first kappa shape index (κ1) is 6.51. The van der Waals surface area contributed by atoms with Crippen LogP contribution in [0.1, 0.15) is 6.92 Å². The third-order valence-electron chi connectivity index (χ3n) is 1.15. The van der Waals surface area contributed by atoms with E-state index in [2.05, 4.69) is 4.99 Å². The molecule has 0 fully saturated rings. The van der Waals surface area contributed by atoms with Gasteiger partial charge in [-0.2, -0.15) is 0 Å². The van der Waals surface area contributed by atoms with Crippen LogP contribution in [-0.2, 0) is 4.74 Å². The maximum Gasteiger partial charge on any atom is 0.180 e. The van der Waals surface area contributed by atoms with Crippen molar-refractivity contribution in [3.8, 4) is 0 Å². The van der Waals surface area contributed by atoms with Crippen LogP contribution < -0.4 is 0 Å². The Kier molecular flexibility index (Phi) is 1.68. The number of hydrogen-bond donors (Lipinski definition) is 2. The third-order valence-corrected chi connectivity index (χ3v) is 1.15. The number of aliphatic hydroxyl groups excluding tert-OH is 1. The number of aliphatic hydroxyl groups is 2. The second kappa shape index (κ2) is 2.33. The van der Waals surface area contributed by atoms with Crippen molar-refractivity contribution in [3.05, 3.63) is 0 Å². The second-order valence-electron chi connectivity index (χ2n) is 1.94. The Morgan fingerprint density at radius 3 is 2.67 bits per heavy atom. The molecular formula is C5H9NO3. The number of nitrogens with zero attached hydrogens (tertiary/aromatic N) is 1. The summed E-state index contributed by atoms with van der Waals surface area (Å²) in [5.74, 6) is 0.521. The first-order valence-electron chi connectivity index (χ1n) is 2.73. The van der Waals surface area contributed by atoms with E-state index in [4.69, 9.17) is 14.9 Å². The van der Waals surface area contributed by atoms with Gasteiger partial charge in [0.15, 0.2) is 12.2 Å². The zero-order valence-corrected chi connectivity index (χ0v) is 5.11. The monoisotopic (exact) mass is 131 g/mol. The smallest absolute Gasteiger partial charge is 0.180 e. The summed E-state index contributed by atoms with van der Waals surface area (Å²) >= 11 is 0. The maximum absolute atomic E-state index is 8.54. The van der Waals surface area contributed by atoms with Crippen LogP contribution in [0.2, 0.25) is 0 Å². The minimum Gasteiger partial charge on any atom is -0.479 e. The molecule has 0 saturated carbocycles. The van der Waals surface area contributed by atoms with Gasteiger partial charge >= 0.3 is 0 Å². The van der Waals surface area contributed by atoms with E-state index in [-0.39, 0.29) is 6.61 Å². The van der Waals surface area contributed by atoms with Gasteiger partial charge in [-0.15, -0.1) is 0 Å². The third kappa shape index (κ3) is 1.40. The Labute approximate surface area is 52.8 Å². The summed E-state index contributed by atoms with van der Waals surface area (Å²) in [6, 6.07) is -0.481. The van der Waals surface area contributed by atoms with Crippen LogP contribution in [0.25, 0.3) is 0 Å². The number of ether oxygens (including phenoxy) is 1. The molecule has 1 unspecified atom stereocenters. The predicted molar refractivity (Wildman–Crippen MR) is 31.1 cm³/mol. The lowest BCUT2D eigenvalue weighted by Crippen LogP contribution is -2.24. The first-order chi connectivity index (χ1) is 4.20. The molecule has 1 heterocycles. The van der Waals surface area contributed by atoms with Gasteiger partial charge in [-0.3, -0.25) is 0 Å². The molecule has 2 N–H and O–H groups in total. The number of aliphatic imine (C=N–C) groups is 1. The molecule has 0 amide bonds. The van der Waals surface area contributed by atoms with Gasteiger partial charge in [-0.05, 0) is 0 Å². The van der Waals surface area contributed by atoms with E-state index >= 15 is 0 Å². The van der Waals surface area contributed by atoms with Crippen LogP contribution in [0.5, 0.6) is 0 Å². The van der Waals surface area contributed by atoms with Gasteiger partial charge < -0.3 is 14.9 Å². The van der Waals surface area contributed by atoms with Crippen LogP contribution in [0.3, 0.4) is 0 Å². The Morgan fingerprint density at radius 2 is 2.44 bits per heavy atom. The summed E-state index contributed by atoms with van der Waals surface area (Å²) in [6.45, 7) is 1.96. The maximum atomic E-state index is 8.54. The molecule has 1 aliphatic heterocycles. The van der Waals surface area contributed by atoms with Gasteiger partial charge in [-0.1, -0.05) is 0 Å². The van der Waals surface area contributed by atoms with Crippen molar-refractivity contribution in [2.45, 2.75) is 19.3 Å². The van der Waals surface area contributed by atoms with Crippen molar-refractivity contribution < 1.29 is 14.9 Å². The summed E-state index contributed by atoms with van der Waals surface area (Å²) in [4.78, 5) is 3.78. The molecule has 4 nitrogen and oxygen atoms in total. The van der Waals surface area contributed by atoms with E-state index in [0.29, 0.717) is 5.90 Å². The average molecular weight is 131 g/mol. The minimum absolute atomic E-state index is 0.281. The van der Waals surface area contributed by atoms with Crippen LogP contribution >= 0.6 is 0 Å². The molecule has 0 aromatic heterocycles. The van der Waals surface area contributed by atoms with E-state index in [1.54, 1.807) is 6.92 Å². The van der Waals surface area contributed by atoms with E-state index in [1.807, 2.05) is 0 Å². The molecule has 0 spiro atoms. The quantitative estimate of drug-likeness (QED) is 0.454. The highest BCUT2D eigenvalue weighted by atomic mass is 16.5. The van der Waals surface area contributed by atoms with Gasteiger partial charge in [0.05, 0.1) is 0 Å². The Balaban J connectivity index is 2.47. The molecule has 9 heavy (non-hydrogen) atoms. The molecule has 0 saturated heterocycles. The summed E-state index contributed by atoms with van der Waals surface area (Å²) in [7, 11) is 0. The summed E-state index contributed by atoms with van der Waals surface area (Å²) < 4.78 is 4.86.